The number of amides is 2. The summed E-state index contributed by atoms with van der Waals surface area (Å²) in [6.45, 7) is 6.23. The van der Waals surface area contributed by atoms with Gasteiger partial charge in [0.05, 0.1) is 16.6 Å². The van der Waals surface area contributed by atoms with Gasteiger partial charge in [0.1, 0.15) is 6.04 Å². The Morgan fingerprint density at radius 2 is 2.15 bits per heavy atom. The summed E-state index contributed by atoms with van der Waals surface area (Å²) in [7, 11) is 1.75. The van der Waals surface area contributed by atoms with Gasteiger partial charge in [-0.1, -0.05) is 18.2 Å². The summed E-state index contributed by atoms with van der Waals surface area (Å²) in [6, 6.07) is 7.55. The van der Waals surface area contributed by atoms with Gasteiger partial charge in [0.15, 0.2) is 0 Å². The number of likely N-dealkylation sites (N-methyl/N-ethyl adjacent to an activating group) is 1. The molecule has 7 heteroatoms. The zero-order valence-corrected chi connectivity index (χ0v) is 16.3. The molecule has 0 unspecified atom stereocenters. The van der Waals surface area contributed by atoms with Crippen LogP contribution in [0.5, 0.6) is 0 Å². The van der Waals surface area contributed by atoms with Crippen molar-refractivity contribution < 1.29 is 9.59 Å². The van der Waals surface area contributed by atoms with Gasteiger partial charge in [0.2, 0.25) is 11.8 Å². The molecular weight excluding hydrogens is 348 g/mol. The number of hydrogen-bond donors (Lipinski definition) is 1. The Hall–Kier alpha value is -2.28. The van der Waals surface area contributed by atoms with Gasteiger partial charge in [0.25, 0.3) is 0 Å². The van der Waals surface area contributed by atoms with E-state index in [4.69, 9.17) is 0 Å². The lowest BCUT2D eigenvalue weighted by atomic mass is 10.1. The van der Waals surface area contributed by atoms with E-state index in [0.717, 1.165) is 16.8 Å². The third-order valence-electron chi connectivity index (χ3n) is 4.56. The Kier molecular flexibility index (Phi) is 5.09. The van der Waals surface area contributed by atoms with Crippen molar-refractivity contribution in [1.29, 1.82) is 0 Å². The van der Waals surface area contributed by atoms with E-state index in [2.05, 4.69) is 10.4 Å². The number of carbonyl (C=O) groups excluding carboxylic acids is 2. The van der Waals surface area contributed by atoms with Crippen LogP contribution in [0, 0.1) is 6.92 Å². The van der Waals surface area contributed by atoms with Crippen LogP contribution in [0.2, 0.25) is 0 Å². The van der Waals surface area contributed by atoms with E-state index in [0.29, 0.717) is 12.3 Å². The number of para-hydroxylation sites is 1. The molecule has 1 aromatic carbocycles. The van der Waals surface area contributed by atoms with Crippen molar-refractivity contribution in [3.8, 4) is 5.69 Å². The maximum atomic E-state index is 12.7. The Bertz CT molecular complexity index is 830. The van der Waals surface area contributed by atoms with Crippen molar-refractivity contribution in [3.63, 3.8) is 0 Å². The van der Waals surface area contributed by atoms with Gasteiger partial charge in [-0.05, 0) is 32.4 Å². The summed E-state index contributed by atoms with van der Waals surface area (Å²) >= 11 is 1.52. The van der Waals surface area contributed by atoms with Crippen molar-refractivity contribution in [2.24, 2.45) is 0 Å². The smallest absolute Gasteiger partial charge is 0.246 e. The van der Waals surface area contributed by atoms with Gasteiger partial charge in [-0.3, -0.25) is 9.59 Å². The number of nitrogens with zero attached hydrogens (tertiary/aromatic N) is 3. The molecule has 2 aromatic rings. The number of aromatic nitrogens is 2. The first-order valence-corrected chi connectivity index (χ1v) is 9.56. The fraction of sp³-hybridized carbons (Fsp3) is 0.421. The number of rotatable bonds is 4. The third kappa shape index (κ3) is 3.77. The molecule has 2 heterocycles. The average molecular weight is 372 g/mol. The standard InChI is InChI=1S/C19H24N4O2S/c1-13-7-5-6-8-16(13)23-11-14(9-20-23)10-22(4)17(24)15-12-26-19(2,3)18(25)21-15/h5-9,11,15H,10,12H2,1-4H3,(H,21,25)/t15-/m0/s1. The number of hydrogen-bond acceptors (Lipinski definition) is 4. The first-order chi connectivity index (χ1) is 12.3. The number of benzene rings is 1. The Balaban J connectivity index is 1.65. The number of carbonyl (C=O) groups is 2. The highest BCUT2D eigenvalue weighted by molar-refractivity contribution is 8.01. The molecule has 1 saturated heterocycles. The van der Waals surface area contributed by atoms with E-state index in [1.54, 1.807) is 18.1 Å². The molecule has 1 aliphatic heterocycles. The molecule has 0 saturated carbocycles. The molecule has 138 valence electrons. The van der Waals surface area contributed by atoms with E-state index >= 15 is 0 Å². The lowest BCUT2D eigenvalue weighted by molar-refractivity contribution is -0.136. The van der Waals surface area contributed by atoms with Crippen LogP contribution in [0.4, 0.5) is 0 Å². The van der Waals surface area contributed by atoms with E-state index in [1.807, 2.05) is 55.9 Å². The van der Waals surface area contributed by atoms with Crippen molar-refractivity contribution in [3.05, 3.63) is 47.8 Å². The second-order valence-electron chi connectivity index (χ2n) is 7.12. The molecule has 2 amide bonds. The minimum absolute atomic E-state index is 0.0787. The molecule has 0 spiro atoms. The van der Waals surface area contributed by atoms with Crippen molar-refractivity contribution in [2.45, 2.75) is 38.1 Å². The van der Waals surface area contributed by atoms with Crippen LogP contribution in [0.15, 0.2) is 36.7 Å². The predicted octanol–water partition coefficient (Wildman–Crippen LogP) is 2.15. The topological polar surface area (TPSA) is 67.2 Å². The van der Waals surface area contributed by atoms with E-state index in [9.17, 15) is 9.59 Å². The van der Waals surface area contributed by atoms with Crippen molar-refractivity contribution >= 4 is 23.6 Å². The van der Waals surface area contributed by atoms with Gasteiger partial charge in [-0.25, -0.2) is 4.68 Å². The highest BCUT2D eigenvalue weighted by Crippen LogP contribution is 2.29. The minimum atomic E-state index is -0.482. The van der Waals surface area contributed by atoms with E-state index in [1.165, 1.54) is 11.8 Å². The SMILES string of the molecule is Cc1ccccc1-n1cc(CN(C)C(=O)[C@@H]2CSC(C)(C)C(=O)N2)cn1. The quantitative estimate of drug-likeness (QED) is 0.893. The highest BCUT2D eigenvalue weighted by atomic mass is 32.2. The average Bonchev–Trinajstić information content (AvgIpc) is 3.05. The Morgan fingerprint density at radius 3 is 2.85 bits per heavy atom. The van der Waals surface area contributed by atoms with Crippen LogP contribution < -0.4 is 5.32 Å². The zero-order chi connectivity index (χ0) is 18.9. The molecule has 1 atom stereocenters. The van der Waals surface area contributed by atoms with Crippen LogP contribution in [-0.2, 0) is 16.1 Å². The van der Waals surface area contributed by atoms with Crippen LogP contribution in [0.1, 0.15) is 25.0 Å². The summed E-state index contributed by atoms with van der Waals surface area (Å²) in [5.74, 6) is 0.419. The lowest BCUT2D eigenvalue weighted by Gasteiger charge is -2.34. The maximum Gasteiger partial charge on any atom is 0.246 e. The van der Waals surface area contributed by atoms with Gasteiger partial charge in [-0.15, -0.1) is 11.8 Å². The second-order valence-corrected chi connectivity index (χ2v) is 8.76. The van der Waals surface area contributed by atoms with Crippen molar-refractivity contribution in [1.82, 2.24) is 20.0 Å². The van der Waals surface area contributed by atoms with Crippen molar-refractivity contribution in [2.75, 3.05) is 12.8 Å². The number of thioether (sulfide) groups is 1. The van der Waals surface area contributed by atoms with Gasteiger partial charge < -0.3 is 10.2 Å². The molecular formula is C19H24N4O2S. The first kappa shape index (κ1) is 18.5. The summed E-state index contributed by atoms with van der Waals surface area (Å²) in [6.07, 6.45) is 3.71. The van der Waals surface area contributed by atoms with Gasteiger partial charge in [0, 0.05) is 31.1 Å². The van der Waals surface area contributed by atoms with Crippen LogP contribution in [0.25, 0.3) is 5.69 Å². The van der Waals surface area contributed by atoms with Gasteiger partial charge in [-0.2, -0.15) is 5.10 Å². The fourth-order valence-corrected chi connectivity index (χ4v) is 3.87. The Labute approximate surface area is 157 Å². The second kappa shape index (κ2) is 7.15. The number of aryl methyl sites for hydroxylation is 1. The monoisotopic (exact) mass is 372 g/mol. The minimum Gasteiger partial charge on any atom is -0.342 e. The van der Waals surface area contributed by atoms with Crippen LogP contribution in [-0.4, -0.2) is 50.1 Å². The molecule has 0 radical (unpaired) electrons. The predicted molar refractivity (Wildman–Crippen MR) is 103 cm³/mol. The molecule has 0 aliphatic carbocycles. The molecule has 0 bridgehead atoms. The lowest BCUT2D eigenvalue weighted by Crippen LogP contribution is -2.57. The van der Waals surface area contributed by atoms with E-state index in [-0.39, 0.29) is 11.8 Å². The van der Waals surface area contributed by atoms with Crippen LogP contribution >= 0.6 is 11.8 Å². The summed E-state index contributed by atoms with van der Waals surface area (Å²) in [5.41, 5.74) is 3.10. The molecule has 26 heavy (non-hydrogen) atoms. The van der Waals surface area contributed by atoms with Gasteiger partial charge >= 0.3 is 0 Å². The molecule has 6 nitrogen and oxygen atoms in total. The fourth-order valence-electron chi connectivity index (χ4n) is 2.88. The summed E-state index contributed by atoms with van der Waals surface area (Å²) in [5, 5.41) is 7.25. The third-order valence-corrected chi connectivity index (χ3v) is 5.96. The van der Waals surface area contributed by atoms with E-state index < -0.39 is 10.8 Å². The molecule has 1 fully saturated rings. The molecule has 3 rings (SSSR count). The molecule has 1 N–H and O–H groups in total. The summed E-state index contributed by atoms with van der Waals surface area (Å²) in [4.78, 5) is 26.4. The highest BCUT2D eigenvalue weighted by Gasteiger charge is 2.38. The normalized spacial score (nSPS) is 19.1. The summed E-state index contributed by atoms with van der Waals surface area (Å²) < 4.78 is 1.34. The number of nitrogens with one attached hydrogen (secondary N) is 1. The molecule has 1 aliphatic rings. The maximum absolute atomic E-state index is 12.7. The zero-order valence-electron chi connectivity index (χ0n) is 15.5. The molecule has 1 aromatic heterocycles. The largest absolute Gasteiger partial charge is 0.342 e. The van der Waals surface area contributed by atoms with Crippen LogP contribution in [0.3, 0.4) is 0 Å². The first-order valence-electron chi connectivity index (χ1n) is 8.57. The Morgan fingerprint density at radius 1 is 1.42 bits per heavy atom.